The van der Waals surface area contributed by atoms with Gasteiger partial charge in [0.25, 0.3) is 0 Å². The quantitative estimate of drug-likeness (QED) is 0.222. The van der Waals surface area contributed by atoms with E-state index in [0.717, 1.165) is 13.8 Å². The van der Waals surface area contributed by atoms with Crippen LogP contribution in [0, 0.1) is 0 Å². The lowest BCUT2D eigenvalue weighted by Crippen LogP contribution is -2.61. The molecule has 0 radical (unpaired) electrons. The number of ether oxygens (including phenoxy) is 5. The van der Waals surface area contributed by atoms with Crippen molar-refractivity contribution in [3.8, 4) is 0 Å². The molecule has 11 nitrogen and oxygen atoms in total. The predicted molar refractivity (Wildman–Crippen MR) is 76.3 cm³/mol. The molecule has 0 bridgehead atoms. The monoisotopic (exact) mass is 345 g/mol. The number of rotatable bonds is 6. The maximum atomic E-state index is 11.4. The summed E-state index contributed by atoms with van der Waals surface area (Å²) in [4.78, 5) is 36.3. The Bertz CT molecular complexity index is 533. The first-order chi connectivity index (χ1) is 11.3. The van der Waals surface area contributed by atoms with Gasteiger partial charge in [0.2, 0.25) is 0 Å². The van der Waals surface area contributed by atoms with Crippen LogP contribution in [0.3, 0.4) is 0 Å². The van der Waals surface area contributed by atoms with Crippen LogP contribution in [0.1, 0.15) is 20.8 Å². The van der Waals surface area contributed by atoms with Crippen LogP contribution < -0.4 is 0 Å². The minimum Gasteiger partial charge on any atom is -0.463 e. The Balaban J connectivity index is 3.16. The Labute approximate surface area is 137 Å². The molecule has 0 N–H and O–H groups in total. The molecule has 1 heterocycles. The summed E-state index contributed by atoms with van der Waals surface area (Å²) in [6.45, 7) is 3.29. The lowest BCUT2D eigenvalue weighted by Gasteiger charge is -2.43. The van der Waals surface area contributed by atoms with Crippen LogP contribution in [0.5, 0.6) is 0 Å². The van der Waals surface area contributed by atoms with Gasteiger partial charge in [0, 0.05) is 32.8 Å². The molecule has 0 aromatic carbocycles. The van der Waals surface area contributed by atoms with Crippen molar-refractivity contribution in [2.75, 3.05) is 13.7 Å². The van der Waals surface area contributed by atoms with Crippen molar-refractivity contribution in [2.24, 2.45) is 5.11 Å². The molecule has 0 aromatic rings. The highest BCUT2D eigenvalue weighted by Gasteiger charge is 2.50. The third-order valence-electron chi connectivity index (χ3n) is 3.10. The molecule has 1 fully saturated rings. The van der Waals surface area contributed by atoms with Crippen molar-refractivity contribution in [1.82, 2.24) is 0 Å². The highest BCUT2D eigenvalue weighted by atomic mass is 16.6. The molecule has 24 heavy (non-hydrogen) atoms. The minimum absolute atomic E-state index is 0.226. The molecule has 1 saturated heterocycles. The number of esters is 3. The van der Waals surface area contributed by atoms with E-state index in [9.17, 15) is 14.4 Å². The van der Waals surface area contributed by atoms with Crippen molar-refractivity contribution in [1.29, 1.82) is 0 Å². The van der Waals surface area contributed by atoms with Gasteiger partial charge in [0.05, 0.1) is 0 Å². The van der Waals surface area contributed by atoms with Gasteiger partial charge in [0.15, 0.2) is 18.4 Å². The Kier molecular flexibility index (Phi) is 7.43. The average Bonchev–Trinajstić information content (AvgIpc) is 2.47. The summed E-state index contributed by atoms with van der Waals surface area (Å²) in [7, 11) is 1.32. The molecule has 0 saturated carbocycles. The van der Waals surface area contributed by atoms with E-state index >= 15 is 0 Å². The van der Waals surface area contributed by atoms with Crippen molar-refractivity contribution >= 4 is 17.9 Å². The van der Waals surface area contributed by atoms with E-state index < -0.39 is 48.6 Å². The van der Waals surface area contributed by atoms with Gasteiger partial charge in [-0.1, -0.05) is 5.11 Å². The van der Waals surface area contributed by atoms with Gasteiger partial charge in [-0.15, -0.1) is 0 Å². The molecule has 0 amide bonds. The number of azide groups is 1. The highest BCUT2D eigenvalue weighted by molar-refractivity contribution is 5.67. The summed E-state index contributed by atoms with van der Waals surface area (Å²) < 4.78 is 25.9. The molecule has 0 spiro atoms. The van der Waals surface area contributed by atoms with E-state index in [1.807, 2.05) is 0 Å². The largest absolute Gasteiger partial charge is 0.463 e. The second-order valence-electron chi connectivity index (χ2n) is 4.92. The summed E-state index contributed by atoms with van der Waals surface area (Å²) in [5.74, 6) is -1.90. The molecule has 1 aliphatic heterocycles. The summed E-state index contributed by atoms with van der Waals surface area (Å²) in [6, 6.07) is 0. The molecular weight excluding hydrogens is 326 g/mol. The molecule has 1 aliphatic rings. The molecule has 0 aromatic heterocycles. The first kappa shape index (κ1) is 19.7. The van der Waals surface area contributed by atoms with E-state index in [2.05, 4.69) is 10.0 Å². The summed E-state index contributed by atoms with van der Waals surface area (Å²) in [5, 5.41) is 3.42. The van der Waals surface area contributed by atoms with E-state index in [-0.39, 0.29) is 6.61 Å². The summed E-state index contributed by atoms with van der Waals surface area (Å²) in [5.41, 5.74) is 8.68. The molecule has 2 unspecified atom stereocenters. The zero-order valence-corrected chi connectivity index (χ0v) is 13.7. The Morgan fingerprint density at radius 2 is 1.62 bits per heavy atom. The van der Waals surface area contributed by atoms with Crippen molar-refractivity contribution in [2.45, 2.75) is 51.4 Å². The van der Waals surface area contributed by atoms with Crippen LogP contribution >= 0.6 is 0 Å². The second-order valence-corrected chi connectivity index (χ2v) is 4.92. The fourth-order valence-electron chi connectivity index (χ4n) is 2.30. The average molecular weight is 345 g/mol. The van der Waals surface area contributed by atoms with Gasteiger partial charge in [-0.25, -0.2) is 0 Å². The number of hydrogen-bond donors (Lipinski definition) is 0. The van der Waals surface area contributed by atoms with Crippen molar-refractivity contribution in [3.63, 3.8) is 0 Å². The molecular formula is C13H19N3O8. The van der Waals surface area contributed by atoms with Gasteiger partial charge in [0.1, 0.15) is 18.8 Å². The van der Waals surface area contributed by atoms with E-state index in [4.69, 9.17) is 29.2 Å². The van der Waals surface area contributed by atoms with E-state index in [1.165, 1.54) is 14.0 Å². The van der Waals surface area contributed by atoms with E-state index in [0.29, 0.717) is 0 Å². The molecule has 1 rings (SSSR count). The Morgan fingerprint density at radius 3 is 2.08 bits per heavy atom. The summed E-state index contributed by atoms with van der Waals surface area (Å²) in [6.07, 6.45) is -5.41. The third-order valence-corrected chi connectivity index (χ3v) is 3.10. The second kappa shape index (κ2) is 9.06. The van der Waals surface area contributed by atoms with Crippen LogP contribution in [0.2, 0.25) is 0 Å². The Morgan fingerprint density at radius 1 is 1.04 bits per heavy atom. The lowest BCUT2D eigenvalue weighted by atomic mass is 9.97. The zero-order valence-electron chi connectivity index (χ0n) is 13.7. The van der Waals surface area contributed by atoms with Crippen LogP contribution in [0.15, 0.2) is 5.11 Å². The first-order valence-electron chi connectivity index (χ1n) is 7.00. The van der Waals surface area contributed by atoms with Crippen LogP contribution in [0.25, 0.3) is 10.4 Å². The van der Waals surface area contributed by atoms with Gasteiger partial charge < -0.3 is 23.7 Å². The molecule has 5 atom stereocenters. The van der Waals surface area contributed by atoms with Gasteiger partial charge >= 0.3 is 17.9 Å². The zero-order chi connectivity index (χ0) is 18.3. The standard InChI is InChI=1S/C13H19N3O8/c1-6(17)21-5-9-10(20-4)11(22-7(2)18)12(23-8(3)19)13(24-9)15-16-14/h9-13H,5H2,1-4H3/t9?,10-,11+,12?,13-/m1/s1. The van der Waals surface area contributed by atoms with Crippen LogP contribution in [-0.2, 0) is 38.1 Å². The third kappa shape index (κ3) is 5.37. The van der Waals surface area contributed by atoms with Gasteiger partial charge in [-0.2, -0.15) is 0 Å². The molecule has 11 heteroatoms. The fourth-order valence-corrected chi connectivity index (χ4v) is 2.30. The number of carbonyl (C=O) groups excluding carboxylic acids is 3. The molecule has 134 valence electrons. The lowest BCUT2D eigenvalue weighted by molar-refractivity contribution is -0.250. The first-order valence-corrected chi connectivity index (χ1v) is 7.00. The number of nitrogens with zero attached hydrogens (tertiary/aromatic N) is 3. The van der Waals surface area contributed by atoms with E-state index in [1.54, 1.807) is 0 Å². The predicted octanol–water partition coefficient (Wildman–Crippen LogP) is 0.463. The minimum atomic E-state index is -1.28. The normalized spacial score (nSPS) is 29.1. The van der Waals surface area contributed by atoms with Crippen LogP contribution in [-0.4, -0.2) is 62.3 Å². The maximum Gasteiger partial charge on any atom is 0.303 e. The number of hydrogen-bond acceptors (Lipinski definition) is 9. The number of carbonyl (C=O) groups is 3. The SMILES string of the molecule is CO[C@@H]1C(COC(C)=O)O[C@@H](N=[N+]=[N-])C(OC(C)=O)[C@H]1OC(C)=O. The van der Waals surface area contributed by atoms with Crippen molar-refractivity contribution in [3.05, 3.63) is 10.4 Å². The molecule has 0 aliphatic carbocycles. The summed E-state index contributed by atoms with van der Waals surface area (Å²) >= 11 is 0. The number of methoxy groups -OCH3 is 1. The highest BCUT2D eigenvalue weighted by Crippen LogP contribution is 2.29. The fraction of sp³-hybridized carbons (Fsp3) is 0.769. The smallest absolute Gasteiger partial charge is 0.303 e. The topological polar surface area (TPSA) is 146 Å². The maximum absolute atomic E-state index is 11.4. The van der Waals surface area contributed by atoms with Gasteiger partial charge in [-0.3, -0.25) is 14.4 Å². The Hall–Kier alpha value is -2.36. The van der Waals surface area contributed by atoms with Crippen LogP contribution in [0.4, 0.5) is 0 Å². The van der Waals surface area contributed by atoms with Crippen molar-refractivity contribution < 1.29 is 38.1 Å². The van der Waals surface area contributed by atoms with Gasteiger partial charge in [-0.05, 0) is 5.53 Å².